The smallest absolute Gasteiger partial charge is 0.352 e. The molecule has 1 aliphatic heterocycles. The number of nitrogens with zero attached hydrogens (tertiary/aromatic N) is 1. The van der Waals surface area contributed by atoms with Gasteiger partial charge in [-0.1, -0.05) is 12.1 Å². The molecular formula is C16H22F3N3O. The second-order valence-electron chi connectivity index (χ2n) is 5.96. The Labute approximate surface area is 133 Å². The van der Waals surface area contributed by atoms with Crippen LogP contribution in [0, 0.1) is 0 Å². The van der Waals surface area contributed by atoms with Crippen molar-refractivity contribution in [2.24, 2.45) is 5.73 Å². The van der Waals surface area contributed by atoms with E-state index in [4.69, 9.17) is 5.73 Å². The van der Waals surface area contributed by atoms with E-state index in [1.807, 2.05) is 7.05 Å². The van der Waals surface area contributed by atoms with Gasteiger partial charge in [0.05, 0.1) is 5.56 Å². The van der Waals surface area contributed by atoms with Gasteiger partial charge in [0, 0.05) is 31.6 Å². The number of carbonyl (C=O) groups is 1. The molecule has 1 amide bonds. The first-order valence-corrected chi connectivity index (χ1v) is 7.66. The first kappa shape index (κ1) is 17.7. The van der Waals surface area contributed by atoms with E-state index in [9.17, 15) is 18.0 Å². The predicted octanol–water partition coefficient (Wildman–Crippen LogP) is 2.13. The lowest BCUT2D eigenvalue weighted by atomic mass is 10.1. The molecule has 1 saturated heterocycles. The van der Waals surface area contributed by atoms with Crippen molar-refractivity contribution in [1.29, 1.82) is 0 Å². The molecule has 23 heavy (non-hydrogen) atoms. The Morgan fingerprint density at radius 3 is 2.39 bits per heavy atom. The van der Waals surface area contributed by atoms with Gasteiger partial charge in [0.1, 0.15) is 0 Å². The topological polar surface area (TPSA) is 58.4 Å². The number of likely N-dealkylation sites (N-methyl/N-ethyl adjacent to an activating group) is 1. The molecule has 2 atom stereocenters. The van der Waals surface area contributed by atoms with Gasteiger partial charge in [0.2, 0.25) is 5.91 Å². The SMILES string of the molecule is CN1[C@@H](CN)CC[C@H]1CC(=O)NCc1ccc(C(F)(F)F)cc1. The lowest BCUT2D eigenvalue weighted by Gasteiger charge is -2.24. The van der Waals surface area contributed by atoms with Gasteiger partial charge in [-0.15, -0.1) is 0 Å². The van der Waals surface area contributed by atoms with E-state index in [1.54, 1.807) is 0 Å². The predicted molar refractivity (Wildman–Crippen MR) is 81.5 cm³/mol. The summed E-state index contributed by atoms with van der Waals surface area (Å²) in [5.74, 6) is -0.0978. The summed E-state index contributed by atoms with van der Waals surface area (Å²) in [6.45, 7) is 0.813. The minimum atomic E-state index is -4.34. The zero-order valence-electron chi connectivity index (χ0n) is 13.1. The Morgan fingerprint density at radius 2 is 1.87 bits per heavy atom. The fourth-order valence-corrected chi connectivity index (χ4v) is 2.92. The molecule has 7 heteroatoms. The molecular weight excluding hydrogens is 307 g/mol. The number of rotatable bonds is 5. The van der Waals surface area contributed by atoms with E-state index < -0.39 is 11.7 Å². The number of halogens is 3. The van der Waals surface area contributed by atoms with Gasteiger partial charge in [-0.3, -0.25) is 9.69 Å². The minimum absolute atomic E-state index is 0.0978. The van der Waals surface area contributed by atoms with Gasteiger partial charge >= 0.3 is 6.18 Å². The Hall–Kier alpha value is -1.60. The summed E-state index contributed by atoms with van der Waals surface area (Å²) in [5, 5.41) is 2.76. The number of likely N-dealkylation sites (tertiary alicyclic amines) is 1. The van der Waals surface area contributed by atoms with Crippen LogP contribution in [0.15, 0.2) is 24.3 Å². The van der Waals surface area contributed by atoms with Crippen LogP contribution < -0.4 is 11.1 Å². The van der Waals surface area contributed by atoms with E-state index in [0.29, 0.717) is 24.6 Å². The quantitative estimate of drug-likeness (QED) is 0.870. The highest BCUT2D eigenvalue weighted by molar-refractivity contribution is 5.76. The summed E-state index contributed by atoms with van der Waals surface area (Å²) in [5.41, 5.74) is 5.63. The molecule has 1 heterocycles. The maximum atomic E-state index is 12.5. The Morgan fingerprint density at radius 1 is 1.26 bits per heavy atom. The van der Waals surface area contributed by atoms with Crippen LogP contribution >= 0.6 is 0 Å². The number of hydrogen-bond donors (Lipinski definition) is 2. The monoisotopic (exact) mass is 329 g/mol. The van der Waals surface area contributed by atoms with Crippen LogP contribution in [0.2, 0.25) is 0 Å². The minimum Gasteiger partial charge on any atom is -0.352 e. The van der Waals surface area contributed by atoms with Crippen molar-refractivity contribution >= 4 is 5.91 Å². The Balaban J connectivity index is 1.81. The third-order valence-electron chi connectivity index (χ3n) is 4.45. The molecule has 0 radical (unpaired) electrons. The average molecular weight is 329 g/mol. The van der Waals surface area contributed by atoms with Gasteiger partial charge in [0.15, 0.2) is 0 Å². The molecule has 1 fully saturated rings. The fraction of sp³-hybridized carbons (Fsp3) is 0.562. The van der Waals surface area contributed by atoms with Gasteiger partial charge in [-0.25, -0.2) is 0 Å². The second kappa shape index (κ2) is 7.31. The van der Waals surface area contributed by atoms with Crippen LogP contribution in [0.25, 0.3) is 0 Å². The van der Waals surface area contributed by atoms with Gasteiger partial charge in [-0.2, -0.15) is 13.2 Å². The van der Waals surface area contributed by atoms with Gasteiger partial charge in [0.25, 0.3) is 0 Å². The molecule has 0 unspecified atom stereocenters. The van der Waals surface area contributed by atoms with E-state index in [-0.39, 0.29) is 18.5 Å². The second-order valence-corrected chi connectivity index (χ2v) is 5.96. The molecule has 128 valence electrons. The number of alkyl halides is 3. The van der Waals surface area contributed by atoms with Crippen LogP contribution in [-0.2, 0) is 17.5 Å². The maximum Gasteiger partial charge on any atom is 0.416 e. The molecule has 0 bridgehead atoms. The number of nitrogens with one attached hydrogen (secondary N) is 1. The van der Waals surface area contributed by atoms with Crippen LogP contribution in [0.4, 0.5) is 13.2 Å². The van der Waals surface area contributed by atoms with E-state index in [2.05, 4.69) is 10.2 Å². The summed E-state index contributed by atoms with van der Waals surface area (Å²) < 4.78 is 37.4. The molecule has 0 saturated carbocycles. The summed E-state index contributed by atoms with van der Waals surface area (Å²) in [4.78, 5) is 14.1. The molecule has 0 aromatic heterocycles. The normalized spacial score (nSPS) is 22.3. The van der Waals surface area contributed by atoms with Crippen molar-refractivity contribution in [3.05, 3.63) is 35.4 Å². The van der Waals surface area contributed by atoms with E-state index in [1.165, 1.54) is 12.1 Å². The van der Waals surface area contributed by atoms with E-state index >= 15 is 0 Å². The number of hydrogen-bond acceptors (Lipinski definition) is 3. The summed E-state index contributed by atoms with van der Waals surface area (Å²) in [7, 11) is 1.97. The number of amides is 1. The average Bonchev–Trinajstić information content (AvgIpc) is 2.85. The van der Waals surface area contributed by atoms with Crippen LogP contribution in [0.1, 0.15) is 30.4 Å². The molecule has 0 spiro atoms. The maximum absolute atomic E-state index is 12.5. The molecule has 1 aliphatic rings. The summed E-state index contributed by atoms with van der Waals surface area (Å²) in [6.07, 6.45) is -2.03. The standard InChI is InChI=1S/C16H22F3N3O/c1-22-13(6-7-14(22)9-20)8-15(23)21-10-11-2-4-12(5-3-11)16(17,18)19/h2-5,13-14H,6-10,20H2,1H3,(H,21,23)/t13-,14+/m0/s1. The molecule has 1 aromatic rings. The third kappa shape index (κ3) is 4.68. The Kier molecular flexibility index (Phi) is 5.64. The highest BCUT2D eigenvalue weighted by Crippen LogP contribution is 2.29. The fourth-order valence-electron chi connectivity index (χ4n) is 2.92. The zero-order chi connectivity index (χ0) is 17.0. The Bertz CT molecular complexity index is 530. The first-order chi connectivity index (χ1) is 10.8. The van der Waals surface area contributed by atoms with Crippen molar-refractivity contribution in [1.82, 2.24) is 10.2 Å². The number of carbonyl (C=O) groups excluding carboxylic acids is 1. The molecule has 0 aliphatic carbocycles. The lowest BCUT2D eigenvalue weighted by molar-refractivity contribution is -0.137. The molecule has 4 nitrogen and oxygen atoms in total. The first-order valence-electron chi connectivity index (χ1n) is 7.66. The van der Waals surface area contributed by atoms with Crippen LogP contribution in [0.5, 0.6) is 0 Å². The summed E-state index contributed by atoms with van der Waals surface area (Å²) in [6, 6.07) is 5.32. The van der Waals surface area contributed by atoms with Crippen LogP contribution in [-0.4, -0.2) is 36.5 Å². The third-order valence-corrected chi connectivity index (χ3v) is 4.45. The van der Waals surface area contributed by atoms with Gasteiger partial charge in [-0.05, 0) is 37.6 Å². The van der Waals surface area contributed by atoms with Crippen molar-refractivity contribution in [2.45, 2.75) is 44.1 Å². The van der Waals surface area contributed by atoms with Gasteiger partial charge < -0.3 is 11.1 Å². The van der Waals surface area contributed by atoms with Crippen molar-refractivity contribution < 1.29 is 18.0 Å². The lowest BCUT2D eigenvalue weighted by Crippen LogP contribution is -2.39. The zero-order valence-corrected chi connectivity index (χ0v) is 13.1. The van der Waals surface area contributed by atoms with Crippen molar-refractivity contribution in [3.63, 3.8) is 0 Å². The number of nitrogens with two attached hydrogens (primary N) is 1. The molecule has 2 rings (SSSR count). The van der Waals surface area contributed by atoms with Crippen molar-refractivity contribution in [3.8, 4) is 0 Å². The van der Waals surface area contributed by atoms with Crippen molar-refractivity contribution in [2.75, 3.05) is 13.6 Å². The van der Waals surface area contributed by atoms with Crippen LogP contribution in [0.3, 0.4) is 0 Å². The molecule has 3 N–H and O–H groups in total. The molecule has 1 aromatic carbocycles. The summed E-state index contributed by atoms with van der Waals surface area (Å²) >= 11 is 0. The highest BCUT2D eigenvalue weighted by atomic mass is 19.4. The number of benzene rings is 1. The highest BCUT2D eigenvalue weighted by Gasteiger charge is 2.31. The van der Waals surface area contributed by atoms with E-state index in [0.717, 1.165) is 25.0 Å². The largest absolute Gasteiger partial charge is 0.416 e.